The highest BCUT2D eigenvalue weighted by atomic mass is 16.5. The number of hydrogen-bond acceptors (Lipinski definition) is 7. The van der Waals surface area contributed by atoms with Crippen LogP contribution >= 0.6 is 0 Å². The summed E-state index contributed by atoms with van der Waals surface area (Å²) in [5, 5.41) is 5.47. The van der Waals surface area contributed by atoms with Gasteiger partial charge in [0.25, 0.3) is 11.5 Å². The highest BCUT2D eigenvalue weighted by Crippen LogP contribution is 2.30. The van der Waals surface area contributed by atoms with Crippen LogP contribution in [0.25, 0.3) is 10.9 Å². The summed E-state index contributed by atoms with van der Waals surface area (Å²) in [6.45, 7) is -0.442. The fourth-order valence-electron chi connectivity index (χ4n) is 4.14. The number of nitrogens with zero attached hydrogens (tertiary/aromatic N) is 2. The molecule has 0 saturated carbocycles. The zero-order valence-corrected chi connectivity index (χ0v) is 21.9. The van der Waals surface area contributed by atoms with Crippen LogP contribution in [0.5, 0.6) is 17.2 Å². The zero-order chi connectivity index (χ0) is 28.1. The molecule has 11 heteroatoms. The summed E-state index contributed by atoms with van der Waals surface area (Å²) in [7, 11) is 5.95. The van der Waals surface area contributed by atoms with E-state index >= 15 is 0 Å². The van der Waals surface area contributed by atoms with E-state index in [0.29, 0.717) is 34.1 Å². The van der Waals surface area contributed by atoms with Gasteiger partial charge in [-0.25, -0.2) is 4.79 Å². The molecule has 0 unspecified atom stereocenters. The molecule has 202 valence electrons. The van der Waals surface area contributed by atoms with Crippen molar-refractivity contribution in [2.24, 2.45) is 0 Å². The average Bonchev–Trinajstić information content (AvgIpc) is 2.97. The third kappa shape index (κ3) is 5.61. The van der Waals surface area contributed by atoms with Gasteiger partial charge >= 0.3 is 5.69 Å². The van der Waals surface area contributed by atoms with Crippen molar-refractivity contribution in [3.63, 3.8) is 0 Å². The minimum atomic E-state index is -0.681. The number of nitrogens with one attached hydrogen (secondary N) is 2. The smallest absolute Gasteiger partial charge is 0.332 e. The molecule has 1 aromatic heterocycles. The second-order valence-electron chi connectivity index (χ2n) is 8.54. The largest absolute Gasteiger partial charge is 0.497 e. The fraction of sp³-hybridized carbons (Fsp3) is 0.214. The zero-order valence-electron chi connectivity index (χ0n) is 21.9. The molecule has 0 fully saturated rings. The maximum Gasteiger partial charge on any atom is 0.332 e. The van der Waals surface area contributed by atoms with Crippen molar-refractivity contribution in [2.45, 2.75) is 13.1 Å². The van der Waals surface area contributed by atoms with Gasteiger partial charge in [-0.05, 0) is 48.0 Å². The quantitative estimate of drug-likeness (QED) is 0.338. The number of hydrogen-bond donors (Lipinski definition) is 2. The van der Waals surface area contributed by atoms with Gasteiger partial charge in [0.2, 0.25) is 5.91 Å². The molecule has 0 saturated heterocycles. The Kier molecular flexibility index (Phi) is 7.99. The van der Waals surface area contributed by atoms with Crippen LogP contribution in [-0.4, -0.2) is 49.3 Å². The molecule has 4 aromatic rings. The molecule has 2 amide bonds. The lowest BCUT2D eigenvalue weighted by atomic mass is 10.1. The Hall–Kier alpha value is -5.06. The summed E-state index contributed by atoms with van der Waals surface area (Å²) >= 11 is 0. The lowest BCUT2D eigenvalue weighted by Gasteiger charge is -2.16. The molecule has 11 nitrogen and oxygen atoms in total. The summed E-state index contributed by atoms with van der Waals surface area (Å²) in [4.78, 5) is 52.0. The predicted octanol–water partition coefficient (Wildman–Crippen LogP) is 2.24. The maximum atomic E-state index is 13.6. The van der Waals surface area contributed by atoms with Gasteiger partial charge in [0.15, 0.2) is 11.5 Å². The van der Waals surface area contributed by atoms with E-state index in [9.17, 15) is 19.2 Å². The van der Waals surface area contributed by atoms with Crippen molar-refractivity contribution in [3.8, 4) is 17.2 Å². The van der Waals surface area contributed by atoms with Crippen LogP contribution in [0.2, 0.25) is 0 Å². The van der Waals surface area contributed by atoms with Crippen LogP contribution in [0, 0.1) is 0 Å². The molecule has 0 spiro atoms. The monoisotopic (exact) mass is 532 g/mol. The minimum absolute atomic E-state index is 0.0733. The maximum absolute atomic E-state index is 13.6. The van der Waals surface area contributed by atoms with E-state index in [2.05, 4.69) is 10.6 Å². The van der Waals surface area contributed by atoms with Crippen molar-refractivity contribution in [3.05, 3.63) is 92.6 Å². The molecule has 0 aliphatic heterocycles. The Morgan fingerprint density at radius 3 is 2.05 bits per heavy atom. The molecule has 2 N–H and O–H groups in total. The first-order valence-corrected chi connectivity index (χ1v) is 11.9. The Bertz CT molecular complexity index is 1640. The Balaban J connectivity index is 1.79. The first kappa shape index (κ1) is 27.0. The van der Waals surface area contributed by atoms with E-state index in [1.807, 2.05) is 0 Å². The molecule has 0 radical (unpaired) electrons. The fourth-order valence-corrected chi connectivity index (χ4v) is 4.14. The number of carbonyl (C=O) groups excluding carboxylic acids is 2. The third-order valence-electron chi connectivity index (χ3n) is 6.19. The van der Waals surface area contributed by atoms with E-state index in [1.165, 1.54) is 38.0 Å². The highest BCUT2D eigenvalue weighted by Gasteiger charge is 2.19. The first-order valence-electron chi connectivity index (χ1n) is 11.9. The van der Waals surface area contributed by atoms with Crippen LogP contribution in [-0.2, 0) is 17.9 Å². The van der Waals surface area contributed by atoms with Gasteiger partial charge in [0.1, 0.15) is 12.3 Å². The molecule has 0 atom stereocenters. The van der Waals surface area contributed by atoms with Gasteiger partial charge in [-0.3, -0.25) is 23.5 Å². The van der Waals surface area contributed by atoms with Gasteiger partial charge in [0, 0.05) is 24.4 Å². The van der Waals surface area contributed by atoms with E-state index in [4.69, 9.17) is 14.2 Å². The van der Waals surface area contributed by atoms with Crippen molar-refractivity contribution >= 4 is 28.4 Å². The second kappa shape index (κ2) is 11.5. The molecule has 0 aliphatic carbocycles. The third-order valence-corrected chi connectivity index (χ3v) is 6.19. The number of aromatic nitrogens is 2. The van der Waals surface area contributed by atoms with Crippen LogP contribution in [0.4, 0.5) is 5.69 Å². The number of benzene rings is 3. The van der Waals surface area contributed by atoms with E-state index in [0.717, 1.165) is 4.57 Å². The van der Waals surface area contributed by atoms with Gasteiger partial charge in [0.05, 0.1) is 38.8 Å². The summed E-state index contributed by atoms with van der Waals surface area (Å²) in [6.07, 6.45) is 0. The van der Waals surface area contributed by atoms with Gasteiger partial charge in [-0.2, -0.15) is 0 Å². The molecular weight excluding hydrogens is 504 g/mol. The molecule has 3 aromatic carbocycles. The standard InChI is InChI=1S/C28H28N4O7/c1-29-26(34)18-7-5-17(6-8-18)15-32-27(35)21-13-23(38-3)24(39-4)14-22(21)31(28(32)36)16-25(33)30-19-9-11-20(37-2)12-10-19/h5-14H,15-16H2,1-4H3,(H,29,34)(H,30,33). The van der Waals surface area contributed by atoms with Crippen LogP contribution < -0.4 is 36.1 Å². The number of anilines is 1. The molecule has 0 aliphatic rings. The predicted molar refractivity (Wildman–Crippen MR) is 146 cm³/mol. The second-order valence-corrected chi connectivity index (χ2v) is 8.54. The van der Waals surface area contributed by atoms with E-state index in [1.54, 1.807) is 55.6 Å². The summed E-state index contributed by atoms with van der Waals surface area (Å²) in [5.74, 6) is 0.507. The number of ether oxygens (including phenoxy) is 3. The van der Waals surface area contributed by atoms with Crippen molar-refractivity contribution in [1.82, 2.24) is 14.5 Å². The number of methoxy groups -OCH3 is 3. The normalized spacial score (nSPS) is 10.7. The van der Waals surface area contributed by atoms with E-state index in [-0.39, 0.29) is 29.9 Å². The highest BCUT2D eigenvalue weighted by molar-refractivity contribution is 5.94. The first-order chi connectivity index (χ1) is 18.8. The summed E-state index contributed by atoms with van der Waals surface area (Å²) in [6, 6.07) is 16.3. The Morgan fingerprint density at radius 2 is 1.46 bits per heavy atom. The number of carbonyl (C=O) groups is 2. The van der Waals surface area contributed by atoms with E-state index < -0.39 is 17.2 Å². The molecular formula is C28H28N4O7. The SMILES string of the molecule is CNC(=O)c1ccc(Cn2c(=O)c3cc(OC)c(OC)cc3n(CC(=O)Nc3ccc(OC)cc3)c2=O)cc1. The van der Waals surface area contributed by atoms with Gasteiger partial charge < -0.3 is 24.8 Å². The topological polar surface area (TPSA) is 130 Å². The minimum Gasteiger partial charge on any atom is -0.497 e. The summed E-state index contributed by atoms with van der Waals surface area (Å²) < 4.78 is 18.1. The Morgan fingerprint density at radius 1 is 0.821 bits per heavy atom. The van der Waals surface area contributed by atoms with Crippen LogP contribution in [0.3, 0.4) is 0 Å². The average molecular weight is 533 g/mol. The number of fused-ring (bicyclic) bond motifs is 1. The van der Waals surface area contributed by atoms with Gasteiger partial charge in [-0.15, -0.1) is 0 Å². The summed E-state index contributed by atoms with van der Waals surface area (Å²) in [5.41, 5.74) is 0.561. The molecule has 39 heavy (non-hydrogen) atoms. The lowest BCUT2D eigenvalue weighted by molar-refractivity contribution is -0.116. The molecule has 0 bridgehead atoms. The van der Waals surface area contributed by atoms with Gasteiger partial charge in [-0.1, -0.05) is 12.1 Å². The Labute approximate surface area is 223 Å². The number of amides is 2. The van der Waals surface area contributed by atoms with Crippen LogP contribution in [0.15, 0.2) is 70.3 Å². The van der Waals surface area contributed by atoms with Crippen molar-refractivity contribution < 1.29 is 23.8 Å². The number of rotatable bonds is 9. The molecule has 4 rings (SSSR count). The molecule has 1 heterocycles. The van der Waals surface area contributed by atoms with Crippen LogP contribution in [0.1, 0.15) is 15.9 Å². The van der Waals surface area contributed by atoms with Crippen molar-refractivity contribution in [2.75, 3.05) is 33.7 Å². The van der Waals surface area contributed by atoms with Crippen molar-refractivity contribution in [1.29, 1.82) is 0 Å². The lowest BCUT2D eigenvalue weighted by Crippen LogP contribution is -2.42.